The normalized spacial score (nSPS) is 22.3. The van der Waals surface area contributed by atoms with Crippen molar-refractivity contribution >= 4 is 15.9 Å². The predicted molar refractivity (Wildman–Crippen MR) is 40.9 cm³/mol. The molecule has 10 heavy (non-hydrogen) atoms. The third kappa shape index (κ3) is 1.95. The molecule has 3 nitrogen and oxygen atoms in total. The summed E-state index contributed by atoms with van der Waals surface area (Å²) >= 11 is 2.86. The van der Waals surface area contributed by atoms with Gasteiger partial charge in [0.05, 0.1) is 12.0 Å². The summed E-state index contributed by atoms with van der Waals surface area (Å²) in [6.45, 7) is -6.03. The maximum atomic E-state index is 7.43. The van der Waals surface area contributed by atoms with E-state index in [2.05, 4.69) is 30.9 Å². The van der Waals surface area contributed by atoms with Crippen molar-refractivity contribution in [3.05, 3.63) is 16.7 Å². The van der Waals surface area contributed by atoms with Gasteiger partial charge in [0.2, 0.25) is 5.88 Å². The van der Waals surface area contributed by atoms with Gasteiger partial charge >= 0.3 is 0 Å². The second-order valence-electron chi connectivity index (χ2n) is 1.25. The zero-order valence-electron chi connectivity index (χ0n) is 11.7. The van der Waals surface area contributed by atoms with Crippen LogP contribution in [0.3, 0.4) is 0 Å². The fourth-order valence-electron chi connectivity index (χ4n) is 0.339. The summed E-state index contributed by atoms with van der Waals surface area (Å²) < 4.78 is 54.4. The van der Waals surface area contributed by atoms with E-state index in [1.54, 1.807) is 0 Å². The minimum atomic E-state index is -3.03. The Balaban J connectivity index is 3.09. The van der Waals surface area contributed by atoms with Crippen LogP contribution in [0.5, 0.6) is 5.88 Å². The zero-order chi connectivity index (χ0) is 13.4. The second kappa shape index (κ2) is 3.51. The SMILES string of the molecule is [2H]c1c(Br)nnc(OC([2H])([2H])C([2H])([2H])[2H])c1[2H]. The first-order chi connectivity index (χ1) is 7.56. The first-order valence-corrected chi connectivity index (χ1v) is 3.04. The molecule has 1 aromatic heterocycles. The van der Waals surface area contributed by atoms with Crippen molar-refractivity contribution < 1.29 is 14.3 Å². The second-order valence-corrected chi connectivity index (χ2v) is 2.00. The lowest BCUT2D eigenvalue weighted by atomic mass is 10.6. The van der Waals surface area contributed by atoms with Crippen LogP contribution in [0.4, 0.5) is 0 Å². The molecule has 4 heteroatoms. The third-order valence-electron chi connectivity index (χ3n) is 0.649. The van der Waals surface area contributed by atoms with Gasteiger partial charge in [-0.25, -0.2) is 0 Å². The van der Waals surface area contributed by atoms with Crippen LogP contribution in [0.1, 0.15) is 16.4 Å². The smallest absolute Gasteiger partial charge is 0.233 e. The van der Waals surface area contributed by atoms with Gasteiger partial charge < -0.3 is 4.74 Å². The lowest BCUT2D eigenvalue weighted by molar-refractivity contribution is 0.322. The zero-order valence-corrected chi connectivity index (χ0v) is 6.27. The summed E-state index contributed by atoms with van der Waals surface area (Å²) in [5.74, 6) is -0.640. The number of aromatic nitrogens is 2. The van der Waals surface area contributed by atoms with Crippen molar-refractivity contribution in [2.75, 3.05) is 6.56 Å². The van der Waals surface area contributed by atoms with E-state index in [4.69, 9.17) is 9.60 Å². The molecule has 0 aromatic carbocycles. The van der Waals surface area contributed by atoms with Crippen LogP contribution in [0, 0.1) is 0 Å². The molecule has 0 saturated heterocycles. The third-order valence-corrected chi connectivity index (χ3v) is 1.01. The van der Waals surface area contributed by atoms with Crippen molar-refractivity contribution in [1.82, 2.24) is 10.2 Å². The molecule has 1 heterocycles. The summed E-state index contributed by atoms with van der Waals surface area (Å²) in [6, 6.07) is -0.906. The number of hydrogen-bond acceptors (Lipinski definition) is 3. The number of nitrogens with zero attached hydrogens (tertiary/aromatic N) is 2. The first kappa shape index (κ1) is 2.44. The molecule has 1 rings (SSSR count). The molecule has 0 fully saturated rings. The van der Waals surface area contributed by atoms with Crippen LogP contribution in [-0.2, 0) is 0 Å². The van der Waals surface area contributed by atoms with Gasteiger partial charge in [0.1, 0.15) is 4.60 Å². The minimum absolute atomic E-state index is 0.00991. The van der Waals surface area contributed by atoms with Gasteiger partial charge in [0, 0.05) is 10.2 Å². The number of ether oxygens (including phenoxy) is 1. The van der Waals surface area contributed by atoms with E-state index in [0.717, 1.165) is 0 Å². The molecule has 0 aliphatic carbocycles. The summed E-state index contributed by atoms with van der Waals surface area (Å²) in [7, 11) is 0. The van der Waals surface area contributed by atoms with Crippen LogP contribution in [0.2, 0.25) is 0 Å². The van der Waals surface area contributed by atoms with Crippen LogP contribution < -0.4 is 4.74 Å². The average Bonchev–Trinajstić information content (AvgIpc) is 2.17. The van der Waals surface area contributed by atoms with E-state index in [1.807, 2.05) is 0 Å². The molecule has 0 saturated carbocycles. The first-order valence-electron chi connectivity index (χ1n) is 5.74. The quantitative estimate of drug-likeness (QED) is 0.744. The van der Waals surface area contributed by atoms with Gasteiger partial charge in [-0.15, -0.1) is 10.2 Å². The van der Waals surface area contributed by atoms with E-state index in [1.165, 1.54) is 0 Å². The number of halogens is 1. The van der Waals surface area contributed by atoms with E-state index >= 15 is 0 Å². The van der Waals surface area contributed by atoms with E-state index < -0.39 is 25.3 Å². The van der Waals surface area contributed by atoms with Crippen LogP contribution in [-0.4, -0.2) is 16.8 Å². The van der Waals surface area contributed by atoms with Gasteiger partial charge in [-0.3, -0.25) is 0 Å². The van der Waals surface area contributed by atoms with Crippen LogP contribution in [0.15, 0.2) is 16.7 Å². The Hall–Kier alpha value is -0.640. The number of rotatable bonds is 2. The molecule has 54 valence electrons. The summed E-state index contributed by atoms with van der Waals surface area (Å²) in [5.41, 5.74) is 0. The topological polar surface area (TPSA) is 35.0 Å². The molecule has 0 aliphatic rings. The van der Waals surface area contributed by atoms with E-state index in [-0.39, 0.29) is 10.6 Å². The van der Waals surface area contributed by atoms with E-state index in [0.29, 0.717) is 0 Å². The Morgan fingerprint density at radius 1 is 1.90 bits per heavy atom. The lowest BCUT2D eigenvalue weighted by Crippen LogP contribution is -1.94. The molecule has 0 N–H and O–H groups in total. The van der Waals surface area contributed by atoms with Crippen LogP contribution in [0.25, 0.3) is 0 Å². The van der Waals surface area contributed by atoms with Gasteiger partial charge in [-0.2, -0.15) is 0 Å². The Bertz CT molecular complexity index is 435. The molecule has 0 unspecified atom stereocenters. The summed E-state index contributed by atoms with van der Waals surface area (Å²) in [4.78, 5) is 0. The maximum Gasteiger partial charge on any atom is 0.233 e. The molecule has 0 radical (unpaired) electrons. The molecule has 1 aromatic rings. The highest BCUT2D eigenvalue weighted by molar-refractivity contribution is 9.10. The summed E-state index contributed by atoms with van der Waals surface area (Å²) in [6.07, 6.45) is 0. The standard InChI is InChI=1S/C6H7BrN2O/c1-2-10-6-4-3-5(7)8-9-6/h3-4H,2H2,1H3/i1D3,2D2,3D,4D. The molecule has 0 amide bonds. The number of hydrogen-bond donors (Lipinski definition) is 0. The fourth-order valence-corrected chi connectivity index (χ4v) is 0.517. The Morgan fingerprint density at radius 3 is 3.60 bits per heavy atom. The highest BCUT2D eigenvalue weighted by Gasteiger charge is 1.92. The molecule has 0 spiro atoms. The monoisotopic (exact) mass is 209 g/mol. The molecule has 0 bridgehead atoms. The van der Waals surface area contributed by atoms with Crippen molar-refractivity contribution in [2.24, 2.45) is 0 Å². The van der Waals surface area contributed by atoms with Gasteiger partial charge in [0.25, 0.3) is 0 Å². The van der Waals surface area contributed by atoms with E-state index in [9.17, 15) is 0 Å². The van der Waals surface area contributed by atoms with Crippen molar-refractivity contribution in [3.8, 4) is 5.88 Å². The Kier molecular flexibility index (Phi) is 0.858. The van der Waals surface area contributed by atoms with Crippen molar-refractivity contribution in [3.63, 3.8) is 0 Å². The molecule has 0 atom stereocenters. The van der Waals surface area contributed by atoms with Crippen molar-refractivity contribution in [1.29, 1.82) is 0 Å². The molecular weight excluding hydrogens is 196 g/mol. The Morgan fingerprint density at radius 2 is 2.80 bits per heavy atom. The summed E-state index contributed by atoms with van der Waals surface area (Å²) in [5, 5.41) is 6.71. The van der Waals surface area contributed by atoms with Crippen molar-refractivity contribution in [2.45, 2.75) is 6.85 Å². The minimum Gasteiger partial charge on any atom is -0.477 e. The molecule has 0 aliphatic heterocycles. The maximum absolute atomic E-state index is 7.43. The van der Waals surface area contributed by atoms with Gasteiger partial charge in [0.15, 0.2) is 0 Å². The molecular formula is C6H7BrN2O. The largest absolute Gasteiger partial charge is 0.477 e. The van der Waals surface area contributed by atoms with Crippen LogP contribution >= 0.6 is 15.9 Å². The highest BCUT2D eigenvalue weighted by Crippen LogP contribution is 2.08. The lowest BCUT2D eigenvalue weighted by Gasteiger charge is -1.97. The average molecular weight is 210 g/mol. The van der Waals surface area contributed by atoms with Gasteiger partial charge in [-0.1, -0.05) is 0 Å². The fraction of sp³-hybridized carbons (Fsp3) is 0.333. The highest BCUT2D eigenvalue weighted by atomic mass is 79.9. The predicted octanol–water partition coefficient (Wildman–Crippen LogP) is 1.64. The Labute approximate surface area is 77.4 Å². The van der Waals surface area contributed by atoms with Gasteiger partial charge in [-0.05, 0) is 28.8 Å².